The molecule has 1 aliphatic heterocycles. The molecular weight excluding hydrogens is 310 g/mol. The first-order chi connectivity index (χ1) is 10.8. The summed E-state index contributed by atoms with van der Waals surface area (Å²) in [5, 5.41) is 11.9. The Bertz CT molecular complexity index is 614. The number of nitro benzene ring substituents is 1. The molecule has 5 nitrogen and oxygen atoms in total. The lowest BCUT2D eigenvalue weighted by Crippen LogP contribution is -2.39. The van der Waals surface area contributed by atoms with Gasteiger partial charge in [0.05, 0.1) is 10.6 Å². The van der Waals surface area contributed by atoms with Crippen LogP contribution in [0.2, 0.25) is 0 Å². The van der Waals surface area contributed by atoms with Crippen molar-refractivity contribution in [2.75, 3.05) is 12.3 Å². The second-order valence-corrected chi connectivity index (χ2v) is 7.78. The fourth-order valence-electron chi connectivity index (χ4n) is 2.71. The number of thioether (sulfide) groups is 1. The van der Waals surface area contributed by atoms with E-state index in [0.717, 1.165) is 28.7 Å². The molecule has 126 valence electrons. The van der Waals surface area contributed by atoms with Crippen LogP contribution in [0, 0.1) is 28.9 Å². The molecule has 1 aliphatic rings. The smallest absolute Gasteiger partial charge is 0.269 e. The molecule has 0 spiro atoms. The summed E-state index contributed by atoms with van der Waals surface area (Å²) in [4.78, 5) is 17.7. The average Bonchev–Trinajstić information content (AvgIpc) is 2.83. The molecule has 0 aromatic heterocycles. The number of aryl methyl sites for hydroxylation is 1. The predicted molar refractivity (Wildman–Crippen MR) is 97.6 cm³/mol. The summed E-state index contributed by atoms with van der Waals surface area (Å²) in [6, 6.07) is 5.36. The maximum absolute atomic E-state index is 10.9. The Kier molecular flexibility index (Phi) is 5.68. The monoisotopic (exact) mass is 335 g/mol. The van der Waals surface area contributed by atoms with Crippen molar-refractivity contribution in [2.45, 2.75) is 40.7 Å². The van der Waals surface area contributed by atoms with Gasteiger partial charge < -0.3 is 4.90 Å². The summed E-state index contributed by atoms with van der Waals surface area (Å²) in [6.07, 6.45) is 0. The minimum absolute atomic E-state index is 0.115. The van der Waals surface area contributed by atoms with Gasteiger partial charge in [-0.1, -0.05) is 39.5 Å². The molecule has 23 heavy (non-hydrogen) atoms. The van der Waals surface area contributed by atoms with E-state index < -0.39 is 0 Å². The molecule has 0 aliphatic carbocycles. The van der Waals surface area contributed by atoms with E-state index in [1.54, 1.807) is 23.9 Å². The zero-order valence-corrected chi connectivity index (χ0v) is 15.3. The molecule has 0 unspecified atom stereocenters. The third-order valence-electron chi connectivity index (χ3n) is 3.97. The normalized spacial score (nSPS) is 20.0. The predicted octanol–water partition coefficient (Wildman–Crippen LogP) is 4.62. The number of nitro groups is 1. The van der Waals surface area contributed by atoms with Crippen LogP contribution in [0.3, 0.4) is 0 Å². The van der Waals surface area contributed by atoms with Crippen LogP contribution >= 0.6 is 11.8 Å². The van der Waals surface area contributed by atoms with Gasteiger partial charge in [0, 0.05) is 30.5 Å². The van der Waals surface area contributed by atoms with Gasteiger partial charge in [-0.25, -0.2) is 4.99 Å². The molecule has 1 atom stereocenters. The van der Waals surface area contributed by atoms with Gasteiger partial charge in [0.1, 0.15) is 0 Å². The van der Waals surface area contributed by atoms with Gasteiger partial charge in [-0.2, -0.15) is 0 Å². The largest absolute Gasteiger partial charge is 0.347 e. The van der Waals surface area contributed by atoms with Crippen LogP contribution in [0.25, 0.3) is 0 Å². The van der Waals surface area contributed by atoms with Gasteiger partial charge in [0.2, 0.25) is 0 Å². The third kappa shape index (κ3) is 4.25. The van der Waals surface area contributed by atoms with E-state index in [0.29, 0.717) is 17.9 Å². The van der Waals surface area contributed by atoms with E-state index in [-0.39, 0.29) is 10.6 Å². The summed E-state index contributed by atoms with van der Waals surface area (Å²) >= 11 is 1.78. The number of non-ortho nitro benzene ring substituents is 1. The van der Waals surface area contributed by atoms with Gasteiger partial charge in [-0.15, -0.1) is 0 Å². The van der Waals surface area contributed by atoms with E-state index >= 15 is 0 Å². The van der Waals surface area contributed by atoms with Gasteiger partial charge >= 0.3 is 0 Å². The lowest BCUT2D eigenvalue weighted by atomic mass is 10.0. The Morgan fingerprint density at radius 2 is 2.09 bits per heavy atom. The van der Waals surface area contributed by atoms with Crippen molar-refractivity contribution in [3.8, 4) is 0 Å². The van der Waals surface area contributed by atoms with Crippen LogP contribution in [0.5, 0.6) is 0 Å². The Balaban J connectivity index is 2.31. The van der Waals surface area contributed by atoms with Crippen molar-refractivity contribution >= 4 is 28.3 Å². The zero-order chi connectivity index (χ0) is 17.1. The minimum atomic E-state index is -0.367. The second-order valence-electron chi connectivity index (χ2n) is 6.79. The molecule has 0 amide bonds. The Hall–Kier alpha value is -1.56. The molecule has 0 N–H and O–H groups in total. The van der Waals surface area contributed by atoms with E-state index in [1.807, 2.05) is 6.92 Å². The van der Waals surface area contributed by atoms with E-state index in [2.05, 4.69) is 32.6 Å². The van der Waals surface area contributed by atoms with Crippen LogP contribution in [-0.4, -0.2) is 33.3 Å². The number of benzene rings is 1. The highest BCUT2D eigenvalue weighted by molar-refractivity contribution is 8.14. The molecule has 1 saturated heterocycles. The Labute approximate surface area is 142 Å². The Morgan fingerprint density at radius 1 is 1.39 bits per heavy atom. The van der Waals surface area contributed by atoms with Crippen molar-refractivity contribution in [2.24, 2.45) is 16.8 Å². The molecule has 2 rings (SSSR count). The third-order valence-corrected chi connectivity index (χ3v) is 5.06. The van der Waals surface area contributed by atoms with E-state index in [1.165, 1.54) is 6.07 Å². The maximum Gasteiger partial charge on any atom is 0.269 e. The molecule has 6 heteroatoms. The average molecular weight is 335 g/mol. The topological polar surface area (TPSA) is 58.7 Å². The molecule has 1 heterocycles. The number of nitrogens with zero attached hydrogens (tertiary/aromatic N) is 3. The van der Waals surface area contributed by atoms with Crippen LogP contribution in [0.1, 0.15) is 33.3 Å². The lowest BCUT2D eigenvalue weighted by Gasteiger charge is -2.30. The molecule has 0 radical (unpaired) electrons. The second kappa shape index (κ2) is 7.34. The first kappa shape index (κ1) is 17.8. The molecule has 1 aromatic rings. The van der Waals surface area contributed by atoms with Crippen LogP contribution in [0.4, 0.5) is 11.4 Å². The van der Waals surface area contributed by atoms with Crippen molar-refractivity contribution in [1.82, 2.24) is 4.90 Å². The zero-order valence-electron chi connectivity index (χ0n) is 14.4. The maximum atomic E-state index is 10.9. The van der Waals surface area contributed by atoms with E-state index in [9.17, 15) is 10.1 Å². The Morgan fingerprint density at radius 3 is 2.61 bits per heavy atom. The van der Waals surface area contributed by atoms with Crippen LogP contribution in [-0.2, 0) is 0 Å². The van der Waals surface area contributed by atoms with Gasteiger partial charge in [0.15, 0.2) is 5.17 Å². The highest BCUT2D eigenvalue weighted by Crippen LogP contribution is 2.33. The highest BCUT2D eigenvalue weighted by atomic mass is 32.2. The van der Waals surface area contributed by atoms with Gasteiger partial charge in [-0.3, -0.25) is 10.1 Å². The molecular formula is C17H25N3O2S. The van der Waals surface area contributed by atoms with Crippen molar-refractivity contribution in [1.29, 1.82) is 0 Å². The van der Waals surface area contributed by atoms with Crippen LogP contribution < -0.4 is 0 Å². The summed E-state index contributed by atoms with van der Waals surface area (Å²) in [5.41, 5.74) is 1.77. The number of aliphatic imine (C=N–C) groups is 1. The SMILES string of the molecule is Cc1cc([N+](=O)[O-])ccc1N=C1SC[C@@H](C(C)C)N1CC(C)C. The highest BCUT2D eigenvalue weighted by Gasteiger charge is 2.32. The quantitative estimate of drug-likeness (QED) is 0.582. The van der Waals surface area contributed by atoms with Gasteiger partial charge in [-0.05, 0) is 30.4 Å². The summed E-state index contributed by atoms with van der Waals surface area (Å²) in [5.74, 6) is 2.19. The van der Waals surface area contributed by atoms with Gasteiger partial charge in [0.25, 0.3) is 5.69 Å². The first-order valence-electron chi connectivity index (χ1n) is 8.02. The van der Waals surface area contributed by atoms with Crippen molar-refractivity contribution in [3.05, 3.63) is 33.9 Å². The number of amidine groups is 1. The molecule has 0 bridgehead atoms. The number of rotatable bonds is 5. The summed E-state index contributed by atoms with van der Waals surface area (Å²) < 4.78 is 0. The fourth-order valence-corrected chi connectivity index (χ4v) is 4.14. The molecule has 1 fully saturated rings. The number of hydrogen-bond acceptors (Lipinski definition) is 4. The fraction of sp³-hybridized carbons (Fsp3) is 0.588. The van der Waals surface area contributed by atoms with E-state index in [4.69, 9.17) is 4.99 Å². The number of hydrogen-bond donors (Lipinski definition) is 0. The standard InChI is InChI=1S/C17H25N3O2S/c1-11(2)9-19-16(12(3)4)10-23-17(19)18-15-7-6-14(20(21)22)8-13(15)5/h6-8,11-12,16H,9-10H2,1-5H3/t16-/m0/s1. The lowest BCUT2D eigenvalue weighted by molar-refractivity contribution is -0.384. The minimum Gasteiger partial charge on any atom is -0.347 e. The summed E-state index contributed by atoms with van der Waals surface area (Å²) in [6.45, 7) is 11.8. The summed E-state index contributed by atoms with van der Waals surface area (Å²) in [7, 11) is 0. The molecule has 1 aromatic carbocycles. The van der Waals surface area contributed by atoms with Crippen molar-refractivity contribution in [3.63, 3.8) is 0 Å². The van der Waals surface area contributed by atoms with Crippen molar-refractivity contribution < 1.29 is 4.92 Å². The first-order valence-corrected chi connectivity index (χ1v) is 9.01. The molecule has 0 saturated carbocycles. The van der Waals surface area contributed by atoms with Crippen LogP contribution in [0.15, 0.2) is 23.2 Å².